The van der Waals surface area contributed by atoms with Gasteiger partial charge in [-0.05, 0) is 30.5 Å². The molecular formula is C15H15F3N2O3. The van der Waals surface area contributed by atoms with Crippen molar-refractivity contribution in [2.75, 3.05) is 14.1 Å². The van der Waals surface area contributed by atoms with Crippen molar-refractivity contribution >= 4 is 17.8 Å². The first-order valence-electron chi connectivity index (χ1n) is 6.88. The molecule has 0 atom stereocenters. The van der Waals surface area contributed by atoms with Crippen LogP contribution < -0.4 is 0 Å². The molecule has 2 rings (SSSR count). The lowest BCUT2D eigenvalue weighted by Gasteiger charge is -2.32. The summed E-state index contributed by atoms with van der Waals surface area (Å²) in [6.07, 6.45) is -4.01. The summed E-state index contributed by atoms with van der Waals surface area (Å²) in [4.78, 5) is 37.4. The number of alkyl halides is 3. The summed E-state index contributed by atoms with van der Waals surface area (Å²) < 4.78 is 37.5. The highest BCUT2D eigenvalue weighted by molar-refractivity contribution is 6.15. The van der Waals surface area contributed by atoms with E-state index >= 15 is 0 Å². The Morgan fingerprint density at radius 1 is 0.957 bits per heavy atom. The fourth-order valence-electron chi connectivity index (χ4n) is 2.41. The maximum absolute atomic E-state index is 12.5. The second kappa shape index (κ2) is 6.02. The summed E-state index contributed by atoms with van der Waals surface area (Å²) in [5.41, 5.74) is -0.170. The van der Waals surface area contributed by atoms with Crippen LogP contribution in [0.3, 0.4) is 0 Å². The van der Waals surface area contributed by atoms with Gasteiger partial charge in [0.2, 0.25) is 11.8 Å². The first-order chi connectivity index (χ1) is 10.6. The van der Waals surface area contributed by atoms with Crippen molar-refractivity contribution in [3.8, 4) is 0 Å². The Bertz CT molecular complexity index is 616. The van der Waals surface area contributed by atoms with E-state index in [0.717, 1.165) is 21.9 Å². The highest BCUT2D eigenvalue weighted by Crippen LogP contribution is 2.29. The van der Waals surface area contributed by atoms with Gasteiger partial charge in [0.15, 0.2) is 0 Å². The summed E-state index contributed by atoms with van der Waals surface area (Å²) >= 11 is 0. The Balaban J connectivity index is 2.06. The molecule has 124 valence electrons. The van der Waals surface area contributed by atoms with Crippen molar-refractivity contribution in [1.82, 2.24) is 9.80 Å². The molecule has 1 saturated heterocycles. The molecule has 0 radical (unpaired) electrons. The molecular weight excluding hydrogens is 313 g/mol. The van der Waals surface area contributed by atoms with Gasteiger partial charge in [0, 0.05) is 14.1 Å². The van der Waals surface area contributed by atoms with E-state index in [2.05, 4.69) is 0 Å². The predicted molar refractivity (Wildman–Crippen MR) is 74.2 cm³/mol. The standard InChI is InChI=1S/C15H15F3N2O3/c1-19-12(21)11(13(22)20(2)14(19)23)8-5-9-3-6-10(7-4-9)15(16,17)18/h3-4,6-7,11H,5,8H2,1-2H3. The van der Waals surface area contributed by atoms with Gasteiger partial charge in [0.05, 0.1) is 5.56 Å². The quantitative estimate of drug-likeness (QED) is 0.800. The lowest BCUT2D eigenvalue weighted by atomic mass is 9.95. The molecule has 1 aromatic carbocycles. The van der Waals surface area contributed by atoms with Gasteiger partial charge < -0.3 is 0 Å². The van der Waals surface area contributed by atoms with Crippen molar-refractivity contribution in [2.24, 2.45) is 5.92 Å². The lowest BCUT2D eigenvalue weighted by molar-refractivity contribution is -0.147. The Labute approximate surface area is 130 Å². The van der Waals surface area contributed by atoms with Crippen LogP contribution >= 0.6 is 0 Å². The molecule has 0 unspecified atom stereocenters. The van der Waals surface area contributed by atoms with Gasteiger partial charge in [0.1, 0.15) is 5.92 Å². The predicted octanol–water partition coefficient (Wildman–Crippen LogP) is 2.30. The van der Waals surface area contributed by atoms with Crippen LogP contribution in [-0.4, -0.2) is 41.7 Å². The highest BCUT2D eigenvalue weighted by atomic mass is 19.4. The minimum absolute atomic E-state index is 0.130. The minimum Gasteiger partial charge on any atom is -0.273 e. The second-order valence-electron chi connectivity index (χ2n) is 5.36. The Hall–Kier alpha value is -2.38. The molecule has 1 aliphatic heterocycles. The van der Waals surface area contributed by atoms with E-state index in [-0.39, 0.29) is 12.8 Å². The third-order valence-corrected chi connectivity index (χ3v) is 3.83. The molecule has 8 heteroatoms. The molecule has 0 aromatic heterocycles. The minimum atomic E-state index is -4.40. The van der Waals surface area contributed by atoms with Crippen molar-refractivity contribution in [1.29, 1.82) is 0 Å². The van der Waals surface area contributed by atoms with Gasteiger partial charge in [-0.3, -0.25) is 19.4 Å². The van der Waals surface area contributed by atoms with E-state index in [9.17, 15) is 27.6 Å². The third kappa shape index (κ3) is 3.35. The number of barbiturate groups is 1. The summed E-state index contributed by atoms with van der Waals surface area (Å²) in [7, 11) is 2.58. The average Bonchev–Trinajstić information content (AvgIpc) is 2.50. The van der Waals surface area contributed by atoms with E-state index < -0.39 is 35.5 Å². The number of nitrogens with zero attached hydrogens (tertiary/aromatic N) is 2. The SMILES string of the molecule is CN1C(=O)C(CCc2ccc(C(F)(F)F)cc2)C(=O)N(C)C1=O. The van der Waals surface area contributed by atoms with E-state index in [1.54, 1.807) is 0 Å². The Kier molecular flexibility index (Phi) is 4.44. The van der Waals surface area contributed by atoms with Gasteiger partial charge >= 0.3 is 12.2 Å². The van der Waals surface area contributed by atoms with Gasteiger partial charge in [-0.15, -0.1) is 0 Å². The number of carbonyl (C=O) groups excluding carboxylic acids is 3. The van der Waals surface area contributed by atoms with Gasteiger partial charge in [-0.2, -0.15) is 13.2 Å². The summed E-state index contributed by atoms with van der Waals surface area (Å²) in [6, 6.07) is 3.87. The summed E-state index contributed by atoms with van der Waals surface area (Å²) in [6.45, 7) is 0. The van der Waals surface area contributed by atoms with Crippen molar-refractivity contribution in [3.05, 3.63) is 35.4 Å². The van der Waals surface area contributed by atoms with Gasteiger partial charge in [0.25, 0.3) is 0 Å². The molecule has 4 amide bonds. The number of urea groups is 1. The van der Waals surface area contributed by atoms with Crippen LogP contribution in [0.5, 0.6) is 0 Å². The topological polar surface area (TPSA) is 57.7 Å². The number of imide groups is 2. The fraction of sp³-hybridized carbons (Fsp3) is 0.400. The van der Waals surface area contributed by atoms with Crippen molar-refractivity contribution in [2.45, 2.75) is 19.0 Å². The zero-order valence-electron chi connectivity index (χ0n) is 12.6. The van der Waals surface area contributed by atoms with Crippen molar-refractivity contribution in [3.63, 3.8) is 0 Å². The number of hydrogen-bond acceptors (Lipinski definition) is 3. The molecule has 1 heterocycles. The molecule has 23 heavy (non-hydrogen) atoms. The van der Waals surface area contributed by atoms with Crippen molar-refractivity contribution < 1.29 is 27.6 Å². The molecule has 1 aliphatic rings. The monoisotopic (exact) mass is 328 g/mol. The van der Waals surface area contributed by atoms with E-state index in [0.29, 0.717) is 5.56 Å². The van der Waals surface area contributed by atoms with Crippen LogP contribution in [-0.2, 0) is 22.2 Å². The Morgan fingerprint density at radius 3 is 1.87 bits per heavy atom. The first-order valence-corrected chi connectivity index (χ1v) is 6.88. The van der Waals surface area contributed by atoms with E-state index in [4.69, 9.17) is 0 Å². The van der Waals surface area contributed by atoms with Crippen LogP contribution in [0.2, 0.25) is 0 Å². The first kappa shape index (κ1) is 17.0. The summed E-state index contributed by atoms with van der Waals surface area (Å²) in [5.74, 6) is -2.18. The highest BCUT2D eigenvalue weighted by Gasteiger charge is 2.41. The molecule has 0 saturated carbocycles. The molecule has 1 fully saturated rings. The van der Waals surface area contributed by atoms with Crippen LogP contribution in [0, 0.1) is 5.92 Å². The number of carbonyl (C=O) groups is 3. The van der Waals surface area contributed by atoms with E-state index in [1.165, 1.54) is 26.2 Å². The average molecular weight is 328 g/mol. The summed E-state index contributed by atoms with van der Waals surface area (Å²) in [5, 5.41) is 0. The normalized spacial score (nSPS) is 17.2. The molecule has 1 aromatic rings. The largest absolute Gasteiger partial charge is 0.416 e. The molecule has 0 aliphatic carbocycles. The zero-order valence-corrected chi connectivity index (χ0v) is 12.6. The smallest absolute Gasteiger partial charge is 0.273 e. The number of hydrogen-bond donors (Lipinski definition) is 0. The molecule has 0 bridgehead atoms. The maximum atomic E-state index is 12.5. The van der Waals surface area contributed by atoms with Gasteiger partial charge in [-0.25, -0.2) is 4.79 Å². The lowest BCUT2D eigenvalue weighted by Crippen LogP contribution is -2.56. The maximum Gasteiger partial charge on any atom is 0.416 e. The second-order valence-corrected chi connectivity index (χ2v) is 5.36. The number of halogens is 3. The van der Waals surface area contributed by atoms with Gasteiger partial charge in [-0.1, -0.05) is 12.1 Å². The molecule has 5 nitrogen and oxygen atoms in total. The van der Waals surface area contributed by atoms with Crippen LogP contribution in [0.15, 0.2) is 24.3 Å². The third-order valence-electron chi connectivity index (χ3n) is 3.83. The fourth-order valence-corrected chi connectivity index (χ4v) is 2.41. The number of benzene rings is 1. The van der Waals surface area contributed by atoms with Crippen LogP contribution in [0.1, 0.15) is 17.5 Å². The zero-order chi connectivity index (χ0) is 17.4. The number of rotatable bonds is 3. The Morgan fingerprint density at radius 2 is 1.43 bits per heavy atom. The molecule has 0 spiro atoms. The molecule has 0 N–H and O–H groups in total. The number of aryl methyl sites for hydroxylation is 1. The van der Waals surface area contributed by atoms with E-state index in [1.807, 2.05) is 0 Å². The van der Waals surface area contributed by atoms with Crippen LogP contribution in [0.4, 0.5) is 18.0 Å². The number of amides is 4. The van der Waals surface area contributed by atoms with Crippen LogP contribution in [0.25, 0.3) is 0 Å².